The second-order valence-corrected chi connectivity index (χ2v) is 10.9. The van der Waals surface area contributed by atoms with E-state index < -0.39 is 10.0 Å². The van der Waals surface area contributed by atoms with Gasteiger partial charge < -0.3 is 14.2 Å². The summed E-state index contributed by atoms with van der Waals surface area (Å²) < 4.78 is 41.5. The van der Waals surface area contributed by atoms with Gasteiger partial charge >= 0.3 is 0 Å². The Morgan fingerprint density at radius 3 is 2.44 bits per heavy atom. The van der Waals surface area contributed by atoms with Crippen LogP contribution in [0.1, 0.15) is 28.7 Å². The Morgan fingerprint density at radius 1 is 0.944 bits per heavy atom. The van der Waals surface area contributed by atoms with E-state index in [4.69, 9.17) is 14.2 Å². The minimum atomic E-state index is -3.16. The van der Waals surface area contributed by atoms with E-state index in [1.165, 1.54) is 16.1 Å². The number of hydrogen-bond acceptors (Lipinski definition) is 7. The van der Waals surface area contributed by atoms with Gasteiger partial charge in [0.1, 0.15) is 5.75 Å². The van der Waals surface area contributed by atoms with E-state index in [-0.39, 0.29) is 0 Å². The number of fused-ring (bicyclic) bond motifs is 1. The van der Waals surface area contributed by atoms with Crippen LogP contribution in [0.25, 0.3) is 11.4 Å². The van der Waals surface area contributed by atoms with Crippen LogP contribution in [0.5, 0.6) is 5.75 Å². The molecule has 192 valence electrons. The highest BCUT2D eigenvalue weighted by molar-refractivity contribution is 7.88. The molecule has 1 aliphatic rings. The van der Waals surface area contributed by atoms with Gasteiger partial charge in [0, 0.05) is 43.7 Å². The molecule has 0 radical (unpaired) electrons. The SMILES string of the molecule is COCCOCc1cnc(-c2ccc(CCCOc3ccc4c(c3)CCN(S(C)(=O)=O)C4)cc2)nc1. The molecule has 0 N–H and O–H groups in total. The number of methoxy groups -OCH3 is 1. The summed E-state index contributed by atoms with van der Waals surface area (Å²) in [6, 6.07) is 14.2. The van der Waals surface area contributed by atoms with Gasteiger partial charge in [-0.3, -0.25) is 0 Å². The van der Waals surface area contributed by atoms with E-state index in [0.29, 0.717) is 51.8 Å². The number of aromatic nitrogens is 2. The van der Waals surface area contributed by atoms with Crippen molar-refractivity contribution in [1.82, 2.24) is 14.3 Å². The van der Waals surface area contributed by atoms with Crippen molar-refractivity contribution in [2.75, 3.05) is 39.7 Å². The third-order valence-electron chi connectivity index (χ3n) is 6.12. The maximum atomic E-state index is 11.8. The number of nitrogens with zero attached hydrogens (tertiary/aromatic N) is 3. The third kappa shape index (κ3) is 7.33. The normalized spacial score (nSPS) is 13.9. The van der Waals surface area contributed by atoms with Gasteiger partial charge in [-0.2, -0.15) is 4.31 Å². The molecule has 8 nitrogen and oxygen atoms in total. The van der Waals surface area contributed by atoms with Crippen LogP contribution in [-0.2, 0) is 45.5 Å². The Morgan fingerprint density at radius 2 is 1.72 bits per heavy atom. The van der Waals surface area contributed by atoms with Crippen molar-refractivity contribution in [3.8, 4) is 17.1 Å². The maximum Gasteiger partial charge on any atom is 0.211 e. The van der Waals surface area contributed by atoms with Crippen LogP contribution in [0.3, 0.4) is 0 Å². The number of ether oxygens (including phenoxy) is 3. The predicted octanol–water partition coefficient (Wildman–Crippen LogP) is 3.64. The van der Waals surface area contributed by atoms with Gasteiger partial charge in [-0.15, -0.1) is 0 Å². The van der Waals surface area contributed by atoms with Crippen molar-refractivity contribution >= 4 is 10.0 Å². The predicted molar refractivity (Wildman–Crippen MR) is 138 cm³/mol. The fourth-order valence-corrected chi connectivity index (χ4v) is 4.87. The van der Waals surface area contributed by atoms with Crippen molar-refractivity contribution in [1.29, 1.82) is 0 Å². The molecule has 0 saturated carbocycles. The van der Waals surface area contributed by atoms with E-state index in [2.05, 4.69) is 22.1 Å². The molecule has 3 aromatic rings. The number of benzene rings is 2. The van der Waals surface area contributed by atoms with E-state index in [9.17, 15) is 8.42 Å². The zero-order valence-corrected chi connectivity index (χ0v) is 21.7. The Labute approximate surface area is 213 Å². The molecule has 0 fully saturated rings. The third-order valence-corrected chi connectivity index (χ3v) is 7.37. The van der Waals surface area contributed by atoms with Gasteiger partial charge in [0.15, 0.2) is 5.82 Å². The van der Waals surface area contributed by atoms with E-state index in [1.54, 1.807) is 19.5 Å². The van der Waals surface area contributed by atoms with Crippen LogP contribution in [-0.4, -0.2) is 62.4 Å². The van der Waals surface area contributed by atoms with Crippen LogP contribution in [0.4, 0.5) is 0 Å². The van der Waals surface area contributed by atoms with Gasteiger partial charge in [-0.1, -0.05) is 30.3 Å². The molecular weight excluding hydrogens is 478 g/mol. The van der Waals surface area contributed by atoms with Crippen molar-refractivity contribution < 1.29 is 22.6 Å². The van der Waals surface area contributed by atoms with Crippen molar-refractivity contribution in [3.63, 3.8) is 0 Å². The lowest BCUT2D eigenvalue weighted by Crippen LogP contribution is -2.35. The summed E-state index contributed by atoms with van der Waals surface area (Å²) in [5.74, 6) is 1.53. The molecule has 0 aliphatic carbocycles. The highest BCUT2D eigenvalue weighted by Crippen LogP contribution is 2.25. The van der Waals surface area contributed by atoms with Crippen LogP contribution >= 0.6 is 0 Å². The van der Waals surface area contributed by atoms with Crippen molar-refractivity contribution in [3.05, 3.63) is 77.1 Å². The largest absolute Gasteiger partial charge is 0.494 e. The average Bonchev–Trinajstić information content (AvgIpc) is 2.89. The first kappa shape index (κ1) is 26.2. The Kier molecular flexibility index (Phi) is 9.03. The number of aryl methyl sites for hydroxylation is 1. The standard InChI is InChI=1S/C27H33N3O5S/c1-33-14-15-34-20-22-17-28-27(29-18-22)23-7-5-21(6-8-23)4-3-13-35-26-10-9-25-19-30(36(2,31)32)12-11-24(25)16-26/h5-10,16-18H,3-4,11-15,19-20H2,1-2H3. The highest BCUT2D eigenvalue weighted by Gasteiger charge is 2.23. The second kappa shape index (κ2) is 12.4. The zero-order valence-electron chi connectivity index (χ0n) is 20.9. The summed E-state index contributed by atoms with van der Waals surface area (Å²) in [5, 5.41) is 0. The first-order valence-corrected chi connectivity index (χ1v) is 13.9. The lowest BCUT2D eigenvalue weighted by molar-refractivity contribution is 0.0614. The van der Waals surface area contributed by atoms with Crippen LogP contribution in [0, 0.1) is 0 Å². The molecule has 36 heavy (non-hydrogen) atoms. The summed E-state index contributed by atoms with van der Waals surface area (Å²) in [6.45, 7) is 3.15. The van der Waals surface area contributed by atoms with Crippen LogP contribution in [0.15, 0.2) is 54.9 Å². The Hall–Kier alpha value is -2.85. The topological polar surface area (TPSA) is 90.9 Å². The maximum absolute atomic E-state index is 11.8. The first-order chi connectivity index (χ1) is 17.4. The summed E-state index contributed by atoms with van der Waals surface area (Å²) in [5.41, 5.74) is 5.36. The monoisotopic (exact) mass is 511 g/mol. The van der Waals surface area contributed by atoms with Gasteiger partial charge in [0.25, 0.3) is 0 Å². The minimum Gasteiger partial charge on any atom is -0.494 e. The number of hydrogen-bond donors (Lipinski definition) is 0. The van der Waals surface area contributed by atoms with Crippen LogP contribution in [0.2, 0.25) is 0 Å². The van der Waals surface area contributed by atoms with E-state index in [1.807, 2.05) is 30.3 Å². The summed E-state index contributed by atoms with van der Waals surface area (Å²) in [4.78, 5) is 8.92. The Bertz CT molecular complexity index is 1230. The van der Waals surface area contributed by atoms with Crippen molar-refractivity contribution in [2.24, 2.45) is 0 Å². The van der Waals surface area contributed by atoms with E-state index >= 15 is 0 Å². The minimum absolute atomic E-state index is 0.433. The molecule has 0 saturated heterocycles. The molecule has 1 aromatic heterocycles. The van der Waals surface area contributed by atoms with Crippen molar-refractivity contribution in [2.45, 2.75) is 32.4 Å². The quantitative estimate of drug-likeness (QED) is 0.343. The summed E-state index contributed by atoms with van der Waals surface area (Å²) in [7, 11) is -1.51. The first-order valence-electron chi connectivity index (χ1n) is 12.1. The van der Waals surface area contributed by atoms with E-state index in [0.717, 1.165) is 40.8 Å². The molecule has 4 rings (SSSR count). The zero-order chi connectivity index (χ0) is 25.4. The van der Waals surface area contributed by atoms with Gasteiger partial charge in [0.05, 0.1) is 32.7 Å². The lowest BCUT2D eigenvalue weighted by atomic mass is 10.0. The molecule has 0 amide bonds. The molecule has 0 atom stereocenters. The number of rotatable bonds is 12. The fourth-order valence-electron chi connectivity index (χ4n) is 4.07. The molecule has 0 bridgehead atoms. The van der Waals surface area contributed by atoms with Crippen LogP contribution < -0.4 is 4.74 Å². The molecule has 9 heteroatoms. The number of sulfonamides is 1. The molecule has 2 heterocycles. The van der Waals surface area contributed by atoms with Gasteiger partial charge in [0.2, 0.25) is 10.0 Å². The highest BCUT2D eigenvalue weighted by atomic mass is 32.2. The van der Waals surface area contributed by atoms with Gasteiger partial charge in [-0.25, -0.2) is 18.4 Å². The molecule has 1 aliphatic heterocycles. The van der Waals surface area contributed by atoms with Gasteiger partial charge in [-0.05, 0) is 48.1 Å². The summed E-state index contributed by atoms with van der Waals surface area (Å²) >= 11 is 0. The summed E-state index contributed by atoms with van der Waals surface area (Å²) in [6.07, 6.45) is 7.36. The molecule has 0 spiro atoms. The average molecular weight is 512 g/mol. The smallest absolute Gasteiger partial charge is 0.211 e. The second-order valence-electron chi connectivity index (χ2n) is 8.89. The fraction of sp³-hybridized carbons (Fsp3) is 0.407. The lowest BCUT2D eigenvalue weighted by Gasteiger charge is -2.27. The molecule has 2 aromatic carbocycles. The Balaban J connectivity index is 1.22. The molecular formula is C27H33N3O5S. The molecule has 0 unspecified atom stereocenters.